The van der Waals surface area contributed by atoms with Crippen LogP contribution in [-0.2, 0) is 28.6 Å². The molecule has 2 aromatic carbocycles. The van der Waals surface area contributed by atoms with Gasteiger partial charge in [-0.1, -0.05) is 36.4 Å². The summed E-state index contributed by atoms with van der Waals surface area (Å²) in [5.41, 5.74) is 0. The highest BCUT2D eigenvalue weighted by molar-refractivity contribution is 9.10. The number of alkyl halides is 1. The zero-order valence-electron chi connectivity index (χ0n) is 13.6. The van der Waals surface area contributed by atoms with Crippen molar-refractivity contribution < 1.29 is 30.1 Å². The lowest BCUT2D eigenvalue weighted by molar-refractivity contribution is -0.539. The molecule has 2 aromatic rings. The van der Waals surface area contributed by atoms with Gasteiger partial charge in [-0.05, 0) is 24.3 Å². The van der Waals surface area contributed by atoms with Gasteiger partial charge in [0.05, 0.1) is 9.79 Å². The van der Waals surface area contributed by atoms with Gasteiger partial charge in [-0.25, -0.2) is 0 Å². The number of halogens is 1. The number of rotatable bonds is 9. The molecule has 0 bridgehead atoms. The third kappa shape index (κ3) is 5.56. The van der Waals surface area contributed by atoms with E-state index in [1.54, 1.807) is 12.1 Å². The molecule has 12 heteroatoms. The van der Waals surface area contributed by atoms with E-state index in [2.05, 4.69) is 15.9 Å². The first kappa shape index (κ1) is 21.4. The molecule has 0 atom stereocenters. The first-order valence-electron chi connectivity index (χ1n) is 7.29. The van der Waals surface area contributed by atoms with Gasteiger partial charge in [0.2, 0.25) is 0 Å². The average Bonchev–Trinajstić information content (AvgIpc) is 2.66. The fraction of sp³-hybridized carbons (Fsp3) is 0.200. The van der Waals surface area contributed by atoms with Gasteiger partial charge in [0.25, 0.3) is 20.2 Å². The van der Waals surface area contributed by atoms with Crippen molar-refractivity contribution in [3.05, 3.63) is 70.8 Å². The second kappa shape index (κ2) is 8.44. The van der Waals surface area contributed by atoms with Crippen LogP contribution < -0.4 is 0 Å². The Kier molecular flexibility index (Phi) is 6.70. The van der Waals surface area contributed by atoms with Gasteiger partial charge in [0, 0.05) is 20.9 Å². The Morgan fingerprint density at radius 3 is 1.44 bits per heavy atom. The van der Waals surface area contributed by atoms with Crippen LogP contribution in [0.4, 0.5) is 0 Å². The van der Waals surface area contributed by atoms with Crippen LogP contribution >= 0.6 is 15.9 Å². The Labute approximate surface area is 164 Å². The van der Waals surface area contributed by atoms with E-state index >= 15 is 0 Å². The van der Waals surface area contributed by atoms with Gasteiger partial charge in [-0.15, -0.1) is 0 Å². The minimum atomic E-state index is -4.27. The molecule has 27 heavy (non-hydrogen) atoms. The number of hydrogen-bond donors (Lipinski definition) is 0. The molecule has 0 saturated carbocycles. The number of hydrogen-bond acceptors (Lipinski definition) is 8. The van der Waals surface area contributed by atoms with Crippen LogP contribution in [0.5, 0.6) is 0 Å². The average molecular weight is 480 g/mol. The Morgan fingerprint density at radius 1 is 0.815 bits per heavy atom. The minimum absolute atomic E-state index is 0.193. The van der Waals surface area contributed by atoms with E-state index in [-0.39, 0.29) is 9.79 Å². The third-order valence-electron chi connectivity index (χ3n) is 3.26. The lowest BCUT2D eigenvalue weighted by atomic mass is 10.4. The molecule has 0 spiro atoms. The fourth-order valence-corrected chi connectivity index (χ4v) is 4.28. The van der Waals surface area contributed by atoms with E-state index < -0.39 is 42.8 Å². The fourth-order valence-electron chi connectivity index (χ4n) is 1.79. The van der Waals surface area contributed by atoms with Gasteiger partial charge < -0.3 is 0 Å². The molecule has 0 N–H and O–H groups in total. The van der Waals surface area contributed by atoms with Crippen LogP contribution in [-0.4, -0.2) is 39.4 Å². The van der Waals surface area contributed by atoms with Gasteiger partial charge in [-0.3, -0.25) is 18.5 Å². The highest BCUT2D eigenvalue weighted by Gasteiger charge is 2.44. The van der Waals surface area contributed by atoms with Crippen LogP contribution in [0.3, 0.4) is 0 Å². The smallest absolute Gasteiger partial charge is 0.263 e. The molecule has 0 aliphatic heterocycles. The predicted octanol–water partition coefficient (Wildman–Crippen LogP) is 2.17. The van der Waals surface area contributed by atoms with Crippen LogP contribution in [0, 0.1) is 10.1 Å². The standard InChI is InChI=1S/C15H14BrNO8S2/c16-15(17(18)19,11-24-26(20,21)13-7-3-1-4-8-13)12-25-27(22,23)14-9-5-2-6-10-14/h1-10H,11-12H2. The van der Waals surface area contributed by atoms with Crippen molar-refractivity contribution in [1.29, 1.82) is 0 Å². The van der Waals surface area contributed by atoms with E-state index in [1.807, 2.05) is 0 Å². The predicted molar refractivity (Wildman–Crippen MR) is 97.8 cm³/mol. The molecule has 0 unspecified atom stereocenters. The lowest BCUT2D eigenvalue weighted by Gasteiger charge is -2.18. The summed E-state index contributed by atoms with van der Waals surface area (Å²) in [7, 11) is -8.54. The minimum Gasteiger partial charge on any atom is -0.263 e. The molecule has 146 valence electrons. The normalized spacial score (nSPS) is 12.6. The van der Waals surface area contributed by atoms with Crippen molar-refractivity contribution in [2.45, 2.75) is 14.2 Å². The van der Waals surface area contributed by atoms with Crippen molar-refractivity contribution in [2.75, 3.05) is 13.2 Å². The summed E-state index contributed by atoms with van der Waals surface area (Å²) in [6, 6.07) is 14.0. The SMILES string of the molecule is O=[N+]([O-])C(Br)(COS(=O)(=O)c1ccccc1)COS(=O)(=O)c1ccccc1. The van der Waals surface area contributed by atoms with E-state index in [4.69, 9.17) is 8.37 Å². The summed E-state index contributed by atoms with van der Waals surface area (Å²) < 4.78 is 55.5. The Balaban J connectivity index is 2.12. The zero-order valence-corrected chi connectivity index (χ0v) is 16.8. The van der Waals surface area contributed by atoms with Crippen molar-refractivity contribution in [2.24, 2.45) is 0 Å². The maximum atomic E-state index is 12.1. The van der Waals surface area contributed by atoms with Gasteiger partial charge in [-0.2, -0.15) is 16.8 Å². The third-order valence-corrected chi connectivity index (χ3v) is 6.56. The van der Waals surface area contributed by atoms with Crippen LogP contribution in [0.1, 0.15) is 0 Å². The summed E-state index contributed by atoms with van der Waals surface area (Å²) in [5.74, 6) is 0. The molecule has 0 saturated heterocycles. The van der Waals surface area contributed by atoms with E-state index in [0.29, 0.717) is 0 Å². The second-order valence-corrected chi connectivity index (χ2v) is 9.94. The molecule has 0 radical (unpaired) electrons. The molecular formula is C15H14BrNO8S2. The molecule has 9 nitrogen and oxygen atoms in total. The van der Waals surface area contributed by atoms with Crippen LogP contribution in [0.2, 0.25) is 0 Å². The van der Waals surface area contributed by atoms with Crippen LogP contribution in [0.15, 0.2) is 70.5 Å². The van der Waals surface area contributed by atoms with Crippen molar-refractivity contribution in [3.63, 3.8) is 0 Å². The maximum absolute atomic E-state index is 12.1. The first-order valence-corrected chi connectivity index (χ1v) is 10.9. The van der Waals surface area contributed by atoms with Gasteiger partial charge in [0.1, 0.15) is 13.2 Å². The molecule has 0 amide bonds. The second-order valence-electron chi connectivity index (χ2n) is 5.23. The zero-order chi connectivity index (χ0) is 20.1. The molecule has 0 aliphatic carbocycles. The van der Waals surface area contributed by atoms with Gasteiger partial charge in [0.15, 0.2) is 0 Å². The number of nitrogens with zero attached hydrogens (tertiary/aromatic N) is 1. The highest BCUT2D eigenvalue weighted by atomic mass is 79.9. The quantitative estimate of drug-likeness (QED) is 0.176. The summed E-state index contributed by atoms with van der Waals surface area (Å²) in [6.07, 6.45) is 0. The summed E-state index contributed by atoms with van der Waals surface area (Å²) in [4.78, 5) is 10.0. The Morgan fingerprint density at radius 2 is 1.15 bits per heavy atom. The largest absolute Gasteiger partial charge is 0.323 e. The molecule has 2 rings (SSSR count). The topological polar surface area (TPSA) is 130 Å². The lowest BCUT2D eigenvalue weighted by Crippen LogP contribution is -2.42. The maximum Gasteiger partial charge on any atom is 0.323 e. The monoisotopic (exact) mass is 479 g/mol. The Hall–Kier alpha value is -1.86. The molecule has 0 aromatic heterocycles. The Bertz CT molecular complexity index is 921. The van der Waals surface area contributed by atoms with Crippen LogP contribution in [0.25, 0.3) is 0 Å². The first-order chi connectivity index (χ1) is 12.6. The number of nitro groups is 1. The molecule has 0 fully saturated rings. The van der Waals surface area contributed by atoms with Crippen molar-refractivity contribution in [1.82, 2.24) is 0 Å². The number of benzene rings is 2. The summed E-state index contributed by atoms with van der Waals surface area (Å²) in [6.45, 7) is -1.97. The molecular weight excluding hydrogens is 466 g/mol. The van der Waals surface area contributed by atoms with E-state index in [0.717, 1.165) is 0 Å². The van der Waals surface area contributed by atoms with Crippen molar-refractivity contribution >= 4 is 36.2 Å². The summed E-state index contributed by atoms with van der Waals surface area (Å²) in [5, 5.41) is 11.3. The van der Waals surface area contributed by atoms with E-state index in [1.165, 1.54) is 48.5 Å². The molecule has 0 aliphatic rings. The van der Waals surface area contributed by atoms with Gasteiger partial charge >= 0.3 is 4.45 Å². The molecule has 0 heterocycles. The summed E-state index contributed by atoms with van der Waals surface area (Å²) >= 11 is 2.72. The van der Waals surface area contributed by atoms with Crippen molar-refractivity contribution in [3.8, 4) is 0 Å². The highest BCUT2D eigenvalue weighted by Crippen LogP contribution is 2.25. The van der Waals surface area contributed by atoms with E-state index in [9.17, 15) is 26.9 Å².